The van der Waals surface area contributed by atoms with Gasteiger partial charge in [0.25, 0.3) is 0 Å². The van der Waals surface area contributed by atoms with Gasteiger partial charge in [0, 0.05) is 20.2 Å². The summed E-state index contributed by atoms with van der Waals surface area (Å²) in [4.78, 5) is 25.4. The largest absolute Gasteiger partial charge is 0.377 e. The van der Waals surface area contributed by atoms with E-state index in [1.807, 2.05) is 0 Å². The highest BCUT2D eigenvalue weighted by Gasteiger charge is 2.17. The summed E-state index contributed by atoms with van der Waals surface area (Å²) in [6, 6.07) is 4.95. The SMILES string of the molecule is CN(CC(=O)Nc1c(Cl)cccc1Cl)C(=O)CNCC1CCCO1. The van der Waals surface area contributed by atoms with Crippen molar-refractivity contribution in [1.82, 2.24) is 10.2 Å². The summed E-state index contributed by atoms with van der Waals surface area (Å²) in [6.07, 6.45) is 2.25. The molecular weight excluding hydrogens is 353 g/mol. The summed E-state index contributed by atoms with van der Waals surface area (Å²) in [5, 5.41) is 6.39. The molecule has 0 radical (unpaired) electrons. The minimum Gasteiger partial charge on any atom is -0.377 e. The number of halogens is 2. The van der Waals surface area contributed by atoms with Crippen molar-refractivity contribution < 1.29 is 14.3 Å². The molecule has 2 N–H and O–H groups in total. The molecule has 2 amide bonds. The maximum absolute atomic E-state index is 12.1. The zero-order valence-electron chi connectivity index (χ0n) is 13.5. The monoisotopic (exact) mass is 373 g/mol. The molecule has 24 heavy (non-hydrogen) atoms. The number of benzene rings is 1. The Hall–Kier alpha value is -1.34. The van der Waals surface area contributed by atoms with Crippen LogP contribution in [0.3, 0.4) is 0 Å². The van der Waals surface area contributed by atoms with Gasteiger partial charge in [-0.05, 0) is 25.0 Å². The Balaban J connectivity index is 1.74. The lowest BCUT2D eigenvalue weighted by atomic mass is 10.2. The summed E-state index contributed by atoms with van der Waals surface area (Å²) in [7, 11) is 1.57. The van der Waals surface area contributed by atoms with Crippen LogP contribution in [0.5, 0.6) is 0 Å². The van der Waals surface area contributed by atoms with Crippen molar-refractivity contribution in [2.24, 2.45) is 0 Å². The van der Waals surface area contributed by atoms with Gasteiger partial charge in [-0.15, -0.1) is 0 Å². The molecule has 1 aromatic carbocycles. The fourth-order valence-corrected chi connectivity index (χ4v) is 2.87. The fraction of sp³-hybridized carbons (Fsp3) is 0.500. The van der Waals surface area contributed by atoms with E-state index in [4.69, 9.17) is 27.9 Å². The number of nitrogens with one attached hydrogen (secondary N) is 2. The molecule has 0 spiro atoms. The molecule has 132 valence electrons. The van der Waals surface area contributed by atoms with E-state index in [1.165, 1.54) is 4.90 Å². The molecule has 0 aliphatic carbocycles. The van der Waals surface area contributed by atoms with Crippen molar-refractivity contribution in [3.8, 4) is 0 Å². The lowest BCUT2D eigenvalue weighted by molar-refractivity contribution is -0.132. The Morgan fingerprint density at radius 3 is 2.67 bits per heavy atom. The number of ether oxygens (including phenoxy) is 1. The van der Waals surface area contributed by atoms with Gasteiger partial charge in [0.15, 0.2) is 0 Å². The molecule has 1 unspecified atom stereocenters. The van der Waals surface area contributed by atoms with E-state index in [2.05, 4.69) is 10.6 Å². The number of para-hydroxylation sites is 1. The molecular formula is C16H21Cl2N3O3. The lowest BCUT2D eigenvalue weighted by Crippen LogP contribution is -2.41. The van der Waals surface area contributed by atoms with E-state index in [0.717, 1.165) is 19.4 Å². The summed E-state index contributed by atoms with van der Waals surface area (Å²) in [5.74, 6) is -0.534. The summed E-state index contributed by atoms with van der Waals surface area (Å²) in [5.41, 5.74) is 0.350. The molecule has 0 bridgehead atoms. The molecule has 1 heterocycles. The average Bonchev–Trinajstić information content (AvgIpc) is 3.04. The minimum atomic E-state index is -0.361. The van der Waals surface area contributed by atoms with E-state index in [0.29, 0.717) is 22.3 Å². The Morgan fingerprint density at radius 1 is 1.33 bits per heavy atom. The number of likely N-dealkylation sites (N-methyl/N-ethyl adjacent to an activating group) is 1. The predicted molar refractivity (Wildman–Crippen MR) is 94.6 cm³/mol. The molecule has 0 saturated carbocycles. The zero-order chi connectivity index (χ0) is 17.5. The van der Waals surface area contributed by atoms with Crippen LogP contribution < -0.4 is 10.6 Å². The van der Waals surface area contributed by atoms with Crippen molar-refractivity contribution in [2.75, 3.05) is 38.6 Å². The number of hydrogen-bond donors (Lipinski definition) is 2. The molecule has 0 aromatic heterocycles. The molecule has 1 aliphatic heterocycles. The lowest BCUT2D eigenvalue weighted by Gasteiger charge is -2.18. The van der Waals surface area contributed by atoms with Gasteiger partial charge < -0.3 is 20.3 Å². The number of carbonyl (C=O) groups is 2. The highest BCUT2D eigenvalue weighted by atomic mass is 35.5. The molecule has 8 heteroatoms. The number of nitrogens with zero attached hydrogens (tertiary/aromatic N) is 1. The normalized spacial score (nSPS) is 16.9. The van der Waals surface area contributed by atoms with Crippen molar-refractivity contribution in [3.05, 3.63) is 28.2 Å². The summed E-state index contributed by atoms with van der Waals surface area (Å²) < 4.78 is 5.47. The number of rotatable bonds is 7. The first kappa shape index (κ1) is 19.0. The van der Waals surface area contributed by atoms with Gasteiger partial charge in [-0.2, -0.15) is 0 Å². The van der Waals surface area contributed by atoms with Crippen molar-refractivity contribution >= 4 is 40.7 Å². The van der Waals surface area contributed by atoms with Crippen LogP contribution in [0.15, 0.2) is 18.2 Å². The number of amides is 2. The third-order valence-corrected chi connectivity index (χ3v) is 4.34. The highest BCUT2D eigenvalue weighted by molar-refractivity contribution is 6.39. The van der Waals surface area contributed by atoms with Gasteiger partial charge in [-0.25, -0.2) is 0 Å². The minimum absolute atomic E-state index is 0.0814. The van der Waals surface area contributed by atoms with Crippen molar-refractivity contribution in [1.29, 1.82) is 0 Å². The summed E-state index contributed by atoms with van der Waals surface area (Å²) in [6.45, 7) is 1.50. The Morgan fingerprint density at radius 2 is 2.04 bits per heavy atom. The van der Waals surface area contributed by atoms with Crippen LogP contribution >= 0.6 is 23.2 Å². The highest BCUT2D eigenvalue weighted by Crippen LogP contribution is 2.29. The van der Waals surface area contributed by atoms with Gasteiger partial charge in [0.2, 0.25) is 11.8 Å². The van der Waals surface area contributed by atoms with Crippen LogP contribution in [0.1, 0.15) is 12.8 Å². The quantitative estimate of drug-likeness (QED) is 0.768. The third-order valence-electron chi connectivity index (χ3n) is 3.71. The predicted octanol–water partition coefficient (Wildman–Crippen LogP) is 2.16. The van der Waals surface area contributed by atoms with E-state index in [1.54, 1.807) is 25.2 Å². The standard InChI is InChI=1S/C16H21Cl2N3O3/c1-21(15(23)9-19-8-11-4-3-7-24-11)10-14(22)20-16-12(17)5-2-6-13(16)18/h2,5-6,11,19H,3-4,7-10H2,1H3,(H,20,22). The van der Waals surface area contributed by atoms with Crippen LogP contribution in [-0.2, 0) is 14.3 Å². The molecule has 1 fully saturated rings. The van der Waals surface area contributed by atoms with Gasteiger partial charge in [0.05, 0.1) is 34.9 Å². The smallest absolute Gasteiger partial charge is 0.244 e. The first-order valence-electron chi connectivity index (χ1n) is 7.77. The second kappa shape index (κ2) is 9.22. The zero-order valence-corrected chi connectivity index (χ0v) is 15.0. The van der Waals surface area contributed by atoms with Crippen LogP contribution in [0.25, 0.3) is 0 Å². The Bertz CT molecular complexity index is 572. The van der Waals surface area contributed by atoms with Gasteiger partial charge >= 0.3 is 0 Å². The Labute approximate surface area is 151 Å². The van der Waals surface area contributed by atoms with E-state index < -0.39 is 0 Å². The molecule has 1 atom stereocenters. The van der Waals surface area contributed by atoms with Crippen LogP contribution in [-0.4, -0.2) is 56.1 Å². The van der Waals surface area contributed by atoms with Crippen molar-refractivity contribution in [2.45, 2.75) is 18.9 Å². The van der Waals surface area contributed by atoms with Crippen LogP contribution in [0.4, 0.5) is 5.69 Å². The van der Waals surface area contributed by atoms with Gasteiger partial charge in [-0.3, -0.25) is 9.59 Å². The van der Waals surface area contributed by atoms with E-state index in [-0.39, 0.29) is 31.0 Å². The molecule has 6 nitrogen and oxygen atoms in total. The molecule has 1 aliphatic rings. The first-order valence-corrected chi connectivity index (χ1v) is 8.53. The van der Waals surface area contributed by atoms with Gasteiger partial charge in [-0.1, -0.05) is 29.3 Å². The Kier molecular flexibility index (Phi) is 7.30. The van der Waals surface area contributed by atoms with Crippen molar-refractivity contribution in [3.63, 3.8) is 0 Å². The second-order valence-corrected chi connectivity index (χ2v) is 6.47. The van der Waals surface area contributed by atoms with E-state index >= 15 is 0 Å². The second-order valence-electron chi connectivity index (χ2n) is 5.66. The number of hydrogen-bond acceptors (Lipinski definition) is 4. The fourth-order valence-electron chi connectivity index (χ4n) is 2.38. The topological polar surface area (TPSA) is 70.7 Å². The number of anilines is 1. The van der Waals surface area contributed by atoms with E-state index in [9.17, 15) is 9.59 Å². The maximum Gasteiger partial charge on any atom is 0.244 e. The third kappa shape index (κ3) is 5.63. The number of carbonyl (C=O) groups excluding carboxylic acids is 2. The maximum atomic E-state index is 12.1. The van der Waals surface area contributed by atoms with Crippen LogP contribution in [0.2, 0.25) is 10.0 Å². The summed E-state index contributed by atoms with van der Waals surface area (Å²) >= 11 is 12.0. The molecule has 2 rings (SSSR count). The molecule has 1 aromatic rings. The average molecular weight is 374 g/mol. The van der Waals surface area contributed by atoms with Gasteiger partial charge in [0.1, 0.15) is 0 Å². The van der Waals surface area contributed by atoms with Crippen LogP contribution in [0, 0.1) is 0 Å². The first-order chi connectivity index (χ1) is 11.5. The molecule has 1 saturated heterocycles.